The summed E-state index contributed by atoms with van der Waals surface area (Å²) in [6.07, 6.45) is 2.49. The van der Waals surface area contributed by atoms with Crippen LogP contribution in [-0.4, -0.2) is 47.2 Å². The van der Waals surface area contributed by atoms with Crippen LogP contribution in [0.2, 0.25) is 0 Å². The van der Waals surface area contributed by atoms with Crippen molar-refractivity contribution in [3.63, 3.8) is 0 Å². The van der Waals surface area contributed by atoms with Crippen LogP contribution in [0.15, 0.2) is 28.1 Å². The lowest BCUT2D eigenvalue weighted by Crippen LogP contribution is -2.49. The average Bonchev–Trinajstić information content (AvgIpc) is 3.36. The van der Waals surface area contributed by atoms with E-state index >= 15 is 0 Å². The molecule has 2 aromatic rings. The number of hydrogen-bond donors (Lipinski definition) is 0. The van der Waals surface area contributed by atoms with Crippen molar-refractivity contribution in [3.05, 3.63) is 38.6 Å². The Morgan fingerprint density at radius 1 is 1.17 bits per heavy atom. The van der Waals surface area contributed by atoms with Gasteiger partial charge in [-0.25, -0.2) is 0 Å². The number of carbonyl (C=O) groups is 1. The molecule has 7 heteroatoms. The molecule has 1 aliphatic carbocycles. The highest BCUT2D eigenvalue weighted by molar-refractivity contribution is 9.10. The number of carbonyl (C=O) groups excluding carboxylic acids is 1. The summed E-state index contributed by atoms with van der Waals surface area (Å²) in [5, 5.41) is 10.7. The molecule has 0 unspecified atom stereocenters. The molecule has 2 fully saturated rings. The monoisotopic (exact) mass is 392 g/mol. The molecule has 1 saturated carbocycles. The molecule has 1 amide bonds. The maximum absolute atomic E-state index is 12.5. The molecule has 3 heterocycles. The minimum Gasteiger partial charge on any atom is -0.352 e. The van der Waals surface area contributed by atoms with Gasteiger partial charge in [0.15, 0.2) is 5.82 Å². The van der Waals surface area contributed by atoms with Crippen molar-refractivity contribution >= 4 is 39.0 Å². The fourth-order valence-corrected chi connectivity index (χ4v) is 4.21. The Kier molecular flexibility index (Phi) is 4.07. The summed E-state index contributed by atoms with van der Waals surface area (Å²) < 4.78 is 0.968. The van der Waals surface area contributed by atoms with Crippen LogP contribution in [0.25, 0.3) is 0 Å². The first-order valence-electron chi connectivity index (χ1n) is 7.82. The molecule has 0 spiro atoms. The minimum atomic E-state index is 0.121. The Morgan fingerprint density at radius 2 is 1.96 bits per heavy atom. The molecule has 0 aromatic carbocycles. The molecular formula is C16H17BrN4OS. The van der Waals surface area contributed by atoms with Crippen LogP contribution in [0.3, 0.4) is 0 Å². The first-order chi connectivity index (χ1) is 11.2. The second-order valence-electron chi connectivity index (χ2n) is 6.00. The van der Waals surface area contributed by atoms with Gasteiger partial charge in [0.2, 0.25) is 0 Å². The molecule has 120 valence electrons. The molecule has 0 radical (unpaired) electrons. The van der Waals surface area contributed by atoms with Gasteiger partial charge >= 0.3 is 0 Å². The maximum atomic E-state index is 12.5. The van der Waals surface area contributed by atoms with Gasteiger partial charge in [-0.3, -0.25) is 4.79 Å². The molecule has 0 N–H and O–H groups in total. The molecular weight excluding hydrogens is 376 g/mol. The Morgan fingerprint density at radius 3 is 2.52 bits per heavy atom. The number of anilines is 1. The third-order valence-electron chi connectivity index (χ3n) is 4.34. The number of amides is 1. The number of piperazine rings is 1. The lowest BCUT2D eigenvalue weighted by Gasteiger charge is -2.35. The maximum Gasteiger partial charge on any atom is 0.264 e. The van der Waals surface area contributed by atoms with E-state index in [1.54, 1.807) is 0 Å². The predicted octanol–water partition coefficient (Wildman–Crippen LogP) is 3.14. The minimum absolute atomic E-state index is 0.121. The Labute approximate surface area is 147 Å². The predicted molar refractivity (Wildman–Crippen MR) is 94.1 cm³/mol. The van der Waals surface area contributed by atoms with Gasteiger partial charge in [0, 0.05) is 41.9 Å². The standard InChI is InChI=1S/C16H17BrN4OS/c17-12-9-14(23-10-12)16(22)21-7-5-20(6-8-21)15-4-3-13(18-19-15)11-1-2-11/h3-4,9-11H,1-2,5-8H2. The van der Waals surface area contributed by atoms with Gasteiger partial charge in [-0.15, -0.1) is 16.4 Å². The van der Waals surface area contributed by atoms with Crippen LogP contribution in [0.4, 0.5) is 5.82 Å². The molecule has 4 rings (SSSR count). The number of rotatable bonds is 3. The molecule has 2 aliphatic rings. The molecule has 23 heavy (non-hydrogen) atoms. The zero-order chi connectivity index (χ0) is 15.8. The second kappa shape index (κ2) is 6.20. The van der Waals surface area contributed by atoms with Gasteiger partial charge < -0.3 is 9.80 Å². The van der Waals surface area contributed by atoms with E-state index in [-0.39, 0.29) is 5.91 Å². The van der Waals surface area contributed by atoms with Gasteiger partial charge in [0.1, 0.15) is 0 Å². The van der Waals surface area contributed by atoms with Crippen molar-refractivity contribution in [1.29, 1.82) is 0 Å². The van der Waals surface area contributed by atoms with E-state index in [9.17, 15) is 4.79 Å². The number of thiophene rings is 1. The van der Waals surface area contributed by atoms with Crippen molar-refractivity contribution in [3.8, 4) is 0 Å². The van der Waals surface area contributed by atoms with E-state index in [1.807, 2.05) is 16.3 Å². The zero-order valence-electron chi connectivity index (χ0n) is 12.6. The molecule has 1 saturated heterocycles. The molecule has 1 aliphatic heterocycles. The lowest BCUT2D eigenvalue weighted by molar-refractivity contribution is 0.0751. The van der Waals surface area contributed by atoms with Crippen LogP contribution in [0, 0.1) is 0 Å². The molecule has 2 aromatic heterocycles. The van der Waals surface area contributed by atoms with Gasteiger partial charge in [0.05, 0.1) is 10.6 Å². The number of aromatic nitrogens is 2. The SMILES string of the molecule is O=C(c1cc(Br)cs1)N1CCN(c2ccc(C3CC3)nn2)CC1. The first-order valence-corrected chi connectivity index (χ1v) is 9.50. The molecule has 0 bridgehead atoms. The van der Waals surface area contributed by atoms with E-state index in [1.165, 1.54) is 24.2 Å². The van der Waals surface area contributed by atoms with Crippen molar-refractivity contribution in [1.82, 2.24) is 15.1 Å². The van der Waals surface area contributed by atoms with Crippen molar-refractivity contribution < 1.29 is 4.79 Å². The van der Waals surface area contributed by atoms with Crippen molar-refractivity contribution in [2.45, 2.75) is 18.8 Å². The zero-order valence-corrected chi connectivity index (χ0v) is 15.0. The third kappa shape index (κ3) is 3.26. The Bertz CT molecular complexity index is 705. The highest BCUT2D eigenvalue weighted by Gasteiger charge is 2.27. The van der Waals surface area contributed by atoms with Crippen molar-refractivity contribution in [2.75, 3.05) is 31.1 Å². The summed E-state index contributed by atoms with van der Waals surface area (Å²) in [4.78, 5) is 17.4. The molecule has 5 nitrogen and oxygen atoms in total. The Balaban J connectivity index is 1.37. The van der Waals surface area contributed by atoms with Crippen LogP contribution in [0.5, 0.6) is 0 Å². The van der Waals surface area contributed by atoms with Crippen LogP contribution < -0.4 is 4.90 Å². The fraction of sp³-hybridized carbons (Fsp3) is 0.438. The van der Waals surface area contributed by atoms with E-state index in [2.05, 4.69) is 43.2 Å². The van der Waals surface area contributed by atoms with Crippen LogP contribution in [-0.2, 0) is 0 Å². The second-order valence-corrected chi connectivity index (χ2v) is 7.83. The summed E-state index contributed by atoms with van der Waals surface area (Å²) in [5.41, 5.74) is 1.12. The number of hydrogen-bond acceptors (Lipinski definition) is 5. The summed E-state index contributed by atoms with van der Waals surface area (Å²) >= 11 is 4.89. The quantitative estimate of drug-likeness (QED) is 0.804. The van der Waals surface area contributed by atoms with Crippen LogP contribution in [0.1, 0.15) is 34.1 Å². The molecule has 0 atom stereocenters. The normalized spacial score (nSPS) is 18.3. The van der Waals surface area contributed by atoms with E-state index in [0.717, 1.165) is 47.0 Å². The van der Waals surface area contributed by atoms with Gasteiger partial charge in [0.25, 0.3) is 5.91 Å². The first kappa shape index (κ1) is 15.1. The number of nitrogens with zero attached hydrogens (tertiary/aromatic N) is 4. The summed E-state index contributed by atoms with van der Waals surface area (Å²) in [6, 6.07) is 6.05. The summed E-state index contributed by atoms with van der Waals surface area (Å²) in [5.74, 6) is 1.67. The van der Waals surface area contributed by atoms with Crippen LogP contribution >= 0.6 is 27.3 Å². The topological polar surface area (TPSA) is 49.3 Å². The largest absolute Gasteiger partial charge is 0.352 e. The third-order valence-corrected chi connectivity index (χ3v) is 6.01. The summed E-state index contributed by atoms with van der Waals surface area (Å²) in [7, 11) is 0. The lowest BCUT2D eigenvalue weighted by atomic mass is 10.2. The highest BCUT2D eigenvalue weighted by Crippen LogP contribution is 2.38. The van der Waals surface area contributed by atoms with Gasteiger partial charge in [-0.2, -0.15) is 5.10 Å². The van der Waals surface area contributed by atoms with E-state index in [0.29, 0.717) is 5.92 Å². The fourth-order valence-electron chi connectivity index (χ4n) is 2.82. The highest BCUT2D eigenvalue weighted by atomic mass is 79.9. The van der Waals surface area contributed by atoms with Crippen molar-refractivity contribution in [2.24, 2.45) is 0 Å². The number of halogens is 1. The average molecular weight is 393 g/mol. The smallest absolute Gasteiger partial charge is 0.264 e. The van der Waals surface area contributed by atoms with E-state index < -0.39 is 0 Å². The summed E-state index contributed by atoms with van der Waals surface area (Å²) in [6.45, 7) is 3.05. The van der Waals surface area contributed by atoms with Gasteiger partial charge in [-0.1, -0.05) is 0 Å². The Hall–Kier alpha value is -1.47. The van der Waals surface area contributed by atoms with E-state index in [4.69, 9.17) is 0 Å². The van der Waals surface area contributed by atoms with Gasteiger partial charge in [-0.05, 0) is 47.0 Å².